The Morgan fingerprint density at radius 2 is 1.92 bits per heavy atom. The Morgan fingerprint density at radius 3 is 2.65 bits per heavy atom. The summed E-state index contributed by atoms with van der Waals surface area (Å²) >= 11 is 1.10. The molecule has 3 N–H and O–H groups in total. The molecule has 13 heteroatoms. The number of carbonyl (C=O) groups is 1. The number of carbonyl (C=O) groups excluding carboxylic acids is 1. The molecule has 1 aromatic heterocycles. The van der Waals surface area contributed by atoms with E-state index in [4.69, 9.17) is 0 Å². The van der Waals surface area contributed by atoms with Crippen LogP contribution in [0.3, 0.4) is 0 Å². The fourth-order valence-electron chi connectivity index (χ4n) is 7.21. The maximum atomic E-state index is 14.0. The Bertz CT molecular complexity index is 1410. The van der Waals surface area contributed by atoms with E-state index in [0.29, 0.717) is 18.4 Å². The fourth-order valence-corrected chi connectivity index (χ4v) is 10.2. The van der Waals surface area contributed by atoms with Crippen LogP contribution in [0.4, 0.5) is 5.00 Å². The van der Waals surface area contributed by atoms with Gasteiger partial charge >= 0.3 is 0 Å². The Labute approximate surface area is 221 Å². The van der Waals surface area contributed by atoms with E-state index in [1.165, 1.54) is 6.42 Å². The first-order valence-electron chi connectivity index (χ1n) is 12.9. The molecule has 0 aromatic carbocycles. The van der Waals surface area contributed by atoms with Gasteiger partial charge in [0.25, 0.3) is 15.9 Å². The van der Waals surface area contributed by atoms with E-state index in [1.54, 1.807) is 5.38 Å². The van der Waals surface area contributed by atoms with Crippen LogP contribution < -0.4 is 10.0 Å². The largest absolute Gasteiger partial charge is 0.511 e. The molecule has 0 saturated heterocycles. The van der Waals surface area contributed by atoms with Crippen LogP contribution >= 0.6 is 11.3 Å². The van der Waals surface area contributed by atoms with Crippen LogP contribution in [-0.4, -0.2) is 57.4 Å². The summed E-state index contributed by atoms with van der Waals surface area (Å²) in [7, 11) is -7.76. The number of amides is 1. The van der Waals surface area contributed by atoms with E-state index in [2.05, 4.69) is 14.4 Å². The van der Waals surface area contributed by atoms with Gasteiger partial charge in [0, 0.05) is 30.6 Å². The lowest BCUT2D eigenvalue weighted by Crippen LogP contribution is -2.55. The Hall–Kier alpha value is -1.96. The van der Waals surface area contributed by atoms with Crippen LogP contribution in [0.15, 0.2) is 26.0 Å². The molecule has 5 aliphatic rings. The number of amidine groups is 1. The van der Waals surface area contributed by atoms with Crippen LogP contribution in [-0.2, 0) is 31.4 Å². The van der Waals surface area contributed by atoms with Gasteiger partial charge in [-0.25, -0.2) is 13.1 Å². The minimum absolute atomic E-state index is 0.0382. The van der Waals surface area contributed by atoms with Crippen LogP contribution in [0.2, 0.25) is 0 Å². The number of thiophene rings is 1. The van der Waals surface area contributed by atoms with Crippen molar-refractivity contribution < 1.29 is 26.7 Å². The predicted octanol–water partition coefficient (Wildman–Crippen LogP) is 2.96. The van der Waals surface area contributed by atoms with Crippen molar-refractivity contribution in [3.63, 3.8) is 0 Å². The number of hydrogen-bond donors (Lipinski definition) is 3. The van der Waals surface area contributed by atoms with Crippen molar-refractivity contribution in [3.8, 4) is 0 Å². The lowest BCUT2D eigenvalue weighted by molar-refractivity contribution is -0.134. The molecule has 10 nitrogen and oxygen atoms in total. The Morgan fingerprint density at radius 1 is 1.19 bits per heavy atom. The maximum absolute atomic E-state index is 14.0. The number of fused-ring (bicyclic) bond motifs is 6. The highest BCUT2D eigenvalue weighted by atomic mass is 32.2. The number of hydrogen-bond acceptors (Lipinski definition) is 8. The predicted molar refractivity (Wildman–Crippen MR) is 140 cm³/mol. The number of rotatable bonds is 6. The molecule has 3 aliphatic carbocycles. The van der Waals surface area contributed by atoms with Crippen LogP contribution in [0, 0.1) is 23.7 Å². The first kappa shape index (κ1) is 25.3. The highest BCUT2D eigenvalue weighted by Gasteiger charge is 2.57. The summed E-state index contributed by atoms with van der Waals surface area (Å²) in [5, 5.41) is 16.3. The van der Waals surface area contributed by atoms with Crippen molar-refractivity contribution in [1.29, 1.82) is 0 Å². The van der Waals surface area contributed by atoms with Crippen LogP contribution in [0.25, 0.3) is 0 Å². The van der Waals surface area contributed by atoms with Gasteiger partial charge in [0.15, 0.2) is 5.84 Å². The zero-order chi connectivity index (χ0) is 26.1. The third kappa shape index (κ3) is 4.41. The monoisotopic (exact) mass is 568 g/mol. The number of aliphatic hydroxyl groups is 1. The zero-order valence-electron chi connectivity index (χ0n) is 20.6. The molecule has 0 spiro atoms. The molecule has 37 heavy (non-hydrogen) atoms. The van der Waals surface area contributed by atoms with Gasteiger partial charge in [-0.2, -0.15) is 8.42 Å². The third-order valence-corrected chi connectivity index (χ3v) is 11.9. The van der Waals surface area contributed by atoms with E-state index in [-0.39, 0.29) is 63.0 Å². The summed E-state index contributed by atoms with van der Waals surface area (Å²) in [6.45, 7) is 0.441. The van der Waals surface area contributed by atoms with Gasteiger partial charge in [-0.05, 0) is 55.2 Å². The van der Waals surface area contributed by atoms with Crippen LogP contribution in [0.5, 0.6) is 0 Å². The molecule has 2 bridgehead atoms. The summed E-state index contributed by atoms with van der Waals surface area (Å²) < 4.78 is 55.9. The topological polar surface area (TPSA) is 145 Å². The standard InChI is InChI=1S/C24H32N4O6S3/c1-36(31,32)25-10-16-12-35-23-21(16)37(33,34)27-22(26-23)18-20(29)17-14-7-8-15(9-14)19(17)28(24(18)30)11-13-5-3-2-4-6-13/h12-15,17,19,25,29H,2-11H2,1H3,(H,26,27). The van der Waals surface area contributed by atoms with Crippen molar-refractivity contribution in [2.45, 2.75) is 68.8 Å². The van der Waals surface area contributed by atoms with E-state index >= 15 is 0 Å². The van der Waals surface area contributed by atoms with Gasteiger partial charge in [0.05, 0.1) is 6.26 Å². The second kappa shape index (κ2) is 9.06. The molecule has 4 unspecified atom stereocenters. The van der Waals surface area contributed by atoms with E-state index in [1.807, 2.05) is 4.90 Å². The minimum atomic E-state index is -4.23. The molecule has 1 aromatic rings. The molecule has 202 valence electrons. The van der Waals surface area contributed by atoms with E-state index in [9.17, 15) is 26.7 Å². The average molecular weight is 569 g/mol. The molecule has 3 saturated carbocycles. The van der Waals surface area contributed by atoms with Crippen molar-refractivity contribution in [2.24, 2.45) is 28.1 Å². The lowest BCUT2D eigenvalue weighted by Gasteiger charge is -2.45. The van der Waals surface area contributed by atoms with Crippen molar-refractivity contribution in [2.75, 3.05) is 18.1 Å². The molecule has 3 heterocycles. The summed E-state index contributed by atoms with van der Waals surface area (Å²) in [6, 6.07) is -0.0382. The average Bonchev–Trinajstić information content (AvgIpc) is 3.55. The number of nitrogens with one attached hydrogen (secondary N) is 2. The maximum Gasteiger partial charge on any atom is 0.287 e. The second-order valence-electron chi connectivity index (χ2n) is 11.1. The molecule has 1 amide bonds. The number of nitrogens with zero attached hydrogens (tertiary/aromatic N) is 2. The highest BCUT2D eigenvalue weighted by Crippen LogP contribution is 2.55. The van der Waals surface area contributed by atoms with Crippen molar-refractivity contribution in [1.82, 2.24) is 9.62 Å². The third-order valence-electron chi connectivity index (χ3n) is 8.74. The smallest absolute Gasteiger partial charge is 0.287 e. The van der Waals surface area contributed by atoms with Gasteiger partial charge in [-0.1, -0.05) is 19.3 Å². The number of aliphatic hydroxyl groups excluding tert-OH is 1. The summed E-state index contributed by atoms with van der Waals surface area (Å²) in [5.41, 5.74) is 0.240. The van der Waals surface area contributed by atoms with Crippen LogP contribution in [0.1, 0.15) is 56.9 Å². The molecule has 6 rings (SSSR count). The summed E-state index contributed by atoms with van der Waals surface area (Å²) in [6.07, 6.45) is 9.73. The molecular formula is C24H32N4O6S3. The number of sulfonamides is 2. The fraction of sp³-hybridized carbons (Fsp3) is 0.667. The molecule has 2 aliphatic heterocycles. The summed E-state index contributed by atoms with van der Waals surface area (Å²) in [4.78, 5) is 15.8. The first-order valence-corrected chi connectivity index (χ1v) is 17.2. The van der Waals surface area contributed by atoms with Crippen molar-refractivity contribution >= 4 is 48.1 Å². The van der Waals surface area contributed by atoms with Gasteiger partial charge in [0.1, 0.15) is 21.2 Å². The van der Waals surface area contributed by atoms with Gasteiger partial charge in [-0.3, -0.25) is 4.79 Å². The quantitative estimate of drug-likeness (QED) is 0.478. The molecule has 0 radical (unpaired) electrons. The first-order chi connectivity index (χ1) is 17.5. The van der Waals surface area contributed by atoms with Gasteiger partial charge in [-0.15, -0.1) is 15.7 Å². The summed E-state index contributed by atoms with van der Waals surface area (Å²) in [5.74, 6) is 0.331. The molecule has 4 atom stereocenters. The normalized spacial score (nSPS) is 31.2. The lowest BCUT2D eigenvalue weighted by atomic mass is 9.77. The Kier molecular flexibility index (Phi) is 6.20. The second-order valence-corrected chi connectivity index (χ2v) is 15.4. The SMILES string of the molecule is CS(=O)(=O)NCc1csc2c1S(=O)(=O)N=C(C1=C(O)C3C4CCC(C4)C3N(CC3CCCCC3)C1=O)N2. The Balaban J connectivity index is 1.36. The number of anilines is 1. The zero-order valence-corrected chi connectivity index (χ0v) is 23.1. The van der Waals surface area contributed by atoms with E-state index in [0.717, 1.165) is 62.5 Å². The van der Waals surface area contributed by atoms with Crippen molar-refractivity contribution in [3.05, 3.63) is 22.3 Å². The highest BCUT2D eigenvalue weighted by molar-refractivity contribution is 7.91. The minimum Gasteiger partial charge on any atom is -0.511 e. The van der Waals surface area contributed by atoms with E-state index < -0.39 is 20.0 Å². The molecular weight excluding hydrogens is 536 g/mol. The molecule has 3 fully saturated rings. The van der Waals surface area contributed by atoms with Gasteiger partial charge < -0.3 is 15.3 Å². The van der Waals surface area contributed by atoms with Gasteiger partial charge in [0.2, 0.25) is 10.0 Å².